The van der Waals surface area contributed by atoms with Crippen LogP contribution in [0, 0.1) is 18.3 Å². The van der Waals surface area contributed by atoms with Gasteiger partial charge in [0.2, 0.25) is 5.91 Å². The van der Waals surface area contributed by atoms with Crippen molar-refractivity contribution in [3.8, 4) is 5.75 Å². The van der Waals surface area contributed by atoms with Crippen LogP contribution in [-0.4, -0.2) is 19.1 Å². The van der Waals surface area contributed by atoms with E-state index in [1.807, 2.05) is 31.2 Å². The van der Waals surface area contributed by atoms with Crippen LogP contribution < -0.4 is 15.8 Å². The van der Waals surface area contributed by atoms with E-state index in [4.69, 9.17) is 10.5 Å². The Morgan fingerprint density at radius 2 is 1.84 bits per heavy atom. The predicted octanol–water partition coefficient (Wildman–Crippen LogP) is 5.83. The van der Waals surface area contributed by atoms with E-state index in [1.165, 1.54) is 31.2 Å². The lowest BCUT2D eigenvalue weighted by Crippen LogP contribution is -2.25. The molecule has 3 N–H and O–H groups in total. The van der Waals surface area contributed by atoms with Crippen molar-refractivity contribution < 1.29 is 9.53 Å². The van der Waals surface area contributed by atoms with Crippen LogP contribution in [0.25, 0.3) is 0 Å². The summed E-state index contributed by atoms with van der Waals surface area (Å²) < 4.78 is 5.61. The van der Waals surface area contributed by atoms with Crippen molar-refractivity contribution in [2.45, 2.75) is 65.7 Å². The molecule has 31 heavy (non-hydrogen) atoms. The lowest BCUT2D eigenvalue weighted by molar-refractivity contribution is -0.115. The third-order valence-electron chi connectivity index (χ3n) is 6.57. The van der Waals surface area contributed by atoms with Gasteiger partial charge >= 0.3 is 0 Å². The fourth-order valence-corrected chi connectivity index (χ4v) is 4.71. The highest BCUT2D eigenvalue weighted by Crippen LogP contribution is 2.43. The number of nitrogens with one attached hydrogen (secondary N) is 1. The van der Waals surface area contributed by atoms with Crippen LogP contribution in [0.2, 0.25) is 0 Å². The van der Waals surface area contributed by atoms with Gasteiger partial charge in [0, 0.05) is 12.2 Å². The lowest BCUT2D eigenvalue weighted by Gasteiger charge is -2.37. The summed E-state index contributed by atoms with van der Waals surface area (Å²) in [6, 6.07) is 14.3. The van der Waals surface area contributed by atoms with E-state index >= 15 is 0 Å². The molecular weight excluding hydrogens is 384 g/mol. The molecule has 1 aliphatic rings. The fraction of sp³-hybridized carbons (Fsp3) is 0.519. The zero-order valence-electron chi connectivity index (χ0n) is 19.5. The van der Waals surface area contributed by atoms with Crippen molar-refractivity contribution in [3.63, 3.8) is 0 Å². The molecule has 0 unspecified atom stereocenters. The predicted molar refractivity (Wildman–Crippen MR) is 129 cm³/mol. The van der Waals surface area contributed by atoms with Crippen LogP contribution in [0.15, 0.2) is 42.5 Å². The summed E-state index contributed by atoms with van der Waals surface area (Å²) in [5, 5.41) is 3.08. The zero-order valence-corrected chi connectivity index (χ0v) is 19.5. The molecule has 0 heterocycles. The maximum Gasteiger partial charge on any atom is 0.228 e. The molecule has 0 aromatic heterocycles. The number of hydrogen-bond acceptors (Lipinski definition) is 3. The lowest BCUT2D eigenvalue weighted by atomic mass is 9.68. The monoisotopic (exact) mass is 422 g/mol. The summed E-state index contributed by atoms with van der Waals surface area (Å²) in [4.78, 5) is 12.6. The summed E-state index contributed by atoms with van der Waals surface area (Å²) in [6.45, 7) is 10.0. The number of anilines is 1. The van der Waals surface area contributed by atoms with Crippen LogP contribution in [0.5, 0.6) is 5.75 Å². The van der Waals surface area contributed by atoms with Crippen molar-refractivity contribution in [2.75, 3.05) is 18.5 Å². The second-order valence-electron chi connectivity index (χ2n) is 10.0. The summed E-state index contributed by atoms with van der Waals surface area (Å²) >= 11 is 0. The van der Waals surface area contributed by atoms with Gasteiger partial charge in [0.15, 0.2) is 0 Å². The van der Waals surface area contributed by atoms with E-state index < -0.39 is 0 Å². The molecule has 0 atom stereocenters. The summed E-state index contributed by atoms with van der Waals surface area (Å²) in [6.07, 6.45) is 5.39. The topological polar surface area (TPSA) is 64.3 Å². The third kappa shape index (κ3) is 6.57. The SMILES string of the molecule is Cc1cc(CC(=O)Nc2cccc(C3CCC(C(C)(C)C)CC3)c2)ccc1OCCN. The standard InChI is InChI=1S/C27H38N2O2/c1-19-16-20(8-13-25(19)31-15-14-28)17-26(30)29-24-7-5-6-22(18-24)21-9-11-23(12-10-21)27(2,3)4/h5-8,13,16,18,21,23H,9-12,14-15,17,28H2,1-4H3,(H,29,30). The molecule has 168 valence electrons. The molecule has 0 radical (unpaired) electrons. The van der Waals surface area contributed by atoms with Crippen LogP contribution in [0.4, 0.5) is 5.69 Å². The molecule has 0 aliphatic heterocycles. The second kappa shape index (κ2) is 10.3. The molecule has 0 spiro atoms. The van der Waals surface area contributed by atoms with E-state index in [2.05, 4.69) is 44.3 Å². The van der Waals surface area contributed by atoms with E-state index in [0.717, 1.165) is 28.5 Å². The molecule has 1 amide bonds. The molecular formula is C27H38N2O2. The molecule has 2 aromatic carbocycles. The largest absolute Gasteiger partial charge is 0.492 e. The molecule has 1 aliphatic carbocycles. The van der Waals surface area contributed by atoms with Crippen molar-refractivity contribution in [2.24, 2.45) is 17.1 Å². The van der Waals surface area contributed by atoms with Crippen molar-refractivity contribution >= 4 is 11.6 Å². The quantitative estimate of drug-likeness (QED) is 0.590. The summed E-state index contributed by atoms with van der Waals surface area (Å²) in [7, 11) is 0. The molecule has 3 rings (SSSR count). The number of carbonyl (C=O) groups excluding carboxylic acids is 1. The second-order valence-corrected chi connectivity index (χ2v) is 10.0. The Balaban J connectivity index is 1.57. The zero-order chi connectivity index (χ0) is 22.4. The van der Waals surface area contributed by atoms with E-state index in [0.29, 0.717) is 30.9 Å². The van der Waals surface area contributed by atoms with E-state index in [9.17, 15) is 4.79 Å². The maximum absolute atomic E-state index is 12.6. The minimum atomic E-state index is 0.00335. The van der Waals surface area contributed by atoms with Crippen molar-refractivity contribution in [1.29, 1.82) is 0 Å². The number of amides is 1. The Labute approximate surface area is 187 Å². The first-order chi connectivity index (χ1) is 14.8. The van der Waals surface area contributed by atoms with Crippen LogP contribution in [0.3, 0.4) is 0 Å². The Morgan fingerprint density at radius 1 is 1.10 bits per heavy atom. The first-order valence-corrected chi connectivity index (χ1v) is 11.6. The Bertz CT molecular complexity index is 877. The summed E-state index contributed by atoms with van der Waals surface area (Å²) in [5.41, 5.74) is 10.1. The van der Waals surface area contributed by atoms with Gasteiger partial charge in [-0.2, -0.15) is 0 Å². The molecule has 4 heteroatoms. The van der Waals surface area contributed by atoms with Gasteiger partial charge in [-0.25, -0.2) is 0 Å². The minimum Gasteiger partial charge on any atom is -0.492 e. The van der Waals surface area contributed by atoms with Gasteiger partial charge in [-0.15, -0.1) is 0 Å². The van der Waals surface area contributed by atoms with Crippen LogP contribution in [-0.2, 0) is 11.2 Å². The van der Waals surface area contributed by atoms with Crippen molar-refractivity contribution in [3.05, 3.63) is 59.2 Å². The number of hydrogen-bond donors (Lipinski definition) is 2. The molecule has 1 saturated carbocycles. The minimum absolute atomic E-state index is 0.00335. The van der Waals surface area contributed by atoms with Gasteiger partial charge in [0.05, 0.1) is 6.42 Å². The number of nitrogens with two attached hydrogens (primary N) is 1. The van der Waals surface area contributed by atoms with Gasteiger partial charge in [-0.05, 0) is 84.7 Å². The number of aryl methyl sites for hydroxylation is 1. The number of benzene rings is 2. The number of rotatable bonds is 7. The highest BCUT2D eigenvalue weighted by Gasteiger charge is 2.30. The van der Waals surface area contributed by atoms with Crippen molar-refractivity contribution in [1.82, 2.24) is 0 Å². The Kier molecular flexibility index (Phi) is 7.77. The van der Waals surface area contributed by atoms with E-state index in [1.54, 1.807) is 0 Å². The average molecular weight is 423 g/mol. The van der Waals surface area contributed by atoms with E-state index in [-0.39, 0.29) is 5.91 Å². The Hall–Kier alpha value is -2.33. The molecule has 4 nitrogen and oxygen atoms in total. The smallest absolute Gasteiger partial charge is 0.228 e. The number of carbonyl (C=O) groups is 1. The fourth-order valence-electron chi connectivity index (χ4n) is 4.71. The third-order valence-corrected chi connectivity index (χ3v) is 6.57. The van der Waals surface area contributed by atoms with Gasteiger partial charge in [-0.3, -0.25) is 4.79 Å². The van der Waals surface area contributed by atoms with Gasteiger partial charge in [0.1, 0.15) is 12.4 Å². The average Bonchev–Trinajstić information content (AvgIpc) is 2.73. The first kappa shape index (κ1) is 23.3. The molecule has 1 fully saturated rings. The first-order valence-electron chi connectivity index (χ1n) is 11.6. The normalized spacial score (nSPS) is 19.1. The maximum atomic E-state index is 12.6. The van der Waals surface area contributed by atoms with Crippen LogP contribution in [0.1, 0.15) is 69.1 Å². The number of ether oxygens (including phenoxy) is 1. The highest BCUT2D eigenvalue weighted by molar-refractivity contribution is 5.92. The molecule has 2 aromatic rings. The van der Waals surface area contributed by atoms with Gasteiger partial charge in [-0.1, -0.05) is 45.0 Å². The Morgan fingerprint density at radius 3 is 2.48 bits per heavy atom. The molecule has 0 saturated heterocycles. The van der Waals surface area contributed by atoms with Crippen LogP contribution >= 0.6 is 0 Å². The van der Waals surface area contributed by atoms with Gasteiger partial charge < -0.3 is 15.8 Å². The summed E-state index contributed by atoms with van der Waals surface area (Å²) in [5.74, 6) is 2.23. The highest BCUT2D eigenvalue weighted by atomic mass is 16.5. The van der Waals surface area contributed by atoms with Gasteiger partial charge in [0.25, 0.3) is 0 Å². The molecule has 0 bridgehead atoms.